The van der Waals surface area contributed by atoms with Gasteiger partial charge in [0.25, 0.3) is 0 Å². The Labute approximate surface area is 167 Å². The number of hydrogen-bond donors (Lipinski definition) is 0. The van der Waals surface area contributed by atoms with E-state index in [0.717, 1.165) is 51.7 Å². The number of hydroxylamine groups is 2. The molecule has 1 heterocycles. The molecular weight excluding hydrogens is 342 g/mol. The molecule has 1 rings (SSSR count). The third-order valence-electron chi connectivity index (χ3n) is 5.66. The van der Waals surface area contributed by atoms with Crippen LogP contribution in [0.1, 0.15) is 93.9 Å². The predicted octanol–water partition coefficient (Wildman–Crippen LogP) is 5.15. The molecular formula is C22H44NO4. The molecule has 1 radical (unpaired) electrons. The van der Waals surface area contributed by atoms with Gasteiger partial charge in [-0.05, 0) is 80.1 Å². The minimum Gasteiger partial charge on any atom is -0.378 e. The van der Waals surface area contributed by atoms with Gasteiger partial charge in [0.2, 0.25) is 0 Å². The maximum Gasteiger partial charge on any atom is 0.0615 e. The van der Waals surface area contributed by atoms with Crippen LogP contribution in [0.15, 0.2) is 0 Å². The summed E-state index contributed by atoms with van der Waals surface area (Å²) in [5.74, 6) is 0. The molecule has 1 aliphatic heterocycles. The molecule has 1 fully saturated rings. The topological polar surface area (TPSA) is 50.8 Å². The molecule has 0 spiro atoms. The van der Waals surface area contributed by atoms with Gasteiger partial charge in [0.1, 0.15) is 0 Å². The molecule has 27 heavy (non-hydrogen) atoms. The lowest BCUT2D eigenvalue weighted by molar-refractivity contribution is -0.303. The first kappa shape index (κ1) is 24.8. The fraction of sp³-hybridized carbons (Fsp3) is 1.00. The van der Waals surface area contributed by atoms with E-state index < -0.39 is 0 Å². The van der Waals surface area contributed by atoms with Gasteiger partial charge in [-0.2, -0.15) is 0 Å². The van der Waals surface area contributed by atoms with E-state index in [2.05, 4.69) is 27.7 Å². The summed E-state index contributed by atoms with van der Waals surface area (Å²) in [4.78, 5) is 0. The summed E-state index contributed by atoms with van der Waals surface area (Å²) in [5, 5.41) is 13.8. The summed E-state index contributed by atoms with van der Waals surface area (Å²) in [6.45, 7) is 18.1. The van der Waals surface area contributed by atoms with Crippen LogP contribution < -0.4 is 0 Å². The van der Waals surface area contributed by atoms with Gasteiger partial charge in [0.05, 0.1) is 24.4 Å². The fourth-order valence-corrected chi connectivity index (χ4v) is 4.04. The van der Waals surface area contributed by atoms with Crippen molar-refractivity contribution in [3.63, 3.8) is 0 Å². The normalized spacial score (nSPS) is 23.9. The van der Waals surface area contributed by atoms with Crippen molar-refractivity contribution in [1.29, 1.82) is 0 Å². The zero-order chi connectivity index (χ0) is 20.7. The number of nitrogens with zero attached hydrogens (tertiary/aromatic N) is 1. The van der Waals surface area contributed by atoms with Crippen molar-refractivity contribution < 1.29 is 19.4 Å². The molecule has 161 valence electrons. The molecule has 5 nitrogen and oxygen atoms in total. The number of ether oxygens (including phenoxy) is 3. The van der Waals surface area contributed by atoms with E-state index in [1.165, 1.54) is 5.06 Å². The van der Waals surface area contributed by atoms with Crippen LogP contribution in [-0.2, 0) is 19.4 Å². The van der Waals surface area contributed by atoms with Crippen LogP contribution in [0.4, 0.5) is 0 Å². The Balaban J connectivity index is 2.38. The minimum absolute atomic E-state index is 0.126. The van der Waals surface area contributed by atoms with Crippen molar-refractivity contribution in [3.8, 4) is 0 Å². The lowest BCUT2D eigenvalue weighted by Crippen LogP contribution is -2.60. The van der Waals surface area contributed by atoms with E-state index in [1.807, 2.05) is 27.7 Å². The number of rotatable bonds is 12. The lowest BCUT2D eigenvalue weighted by atomic mass is 9.80. The van der Waals surface area contributed by atoms with Gasteiger partial charge in [0.15, 0.2) is 0 Å². The fourth-order valence-electron chi connectivity index (χ4n) is 4.04. The number of hydrogen-bond acceptors (Lipinski definition) is 4. The SMILES string of the molecule is CCC(C)OCCCOC(C)CC(CC)OC1CC(C)(C)N([O])C(C)(C)C1. The van der Waals surface area contributed by atoms with Crippen molar-refractivity contribution in [2.24, 2.45) is 0 Å². The largest absolute Gasteiger partial charge is 0.378 e. The first-order chi connectivity index (χ1) is 12.5. The second-order valence-electron chi connectivity index (χ2n) is 9.48. The average molecular weight is 387 g/mol. The number of piperidine rings is 1. The molecule has 0 aromatic rings. The Morgan fingerprint density at radius 2 is 1.44 bits per heavy atom. The highest BCUT2D eigenvalue weighted by atomic mass is 16.5. The van der Waals surface area contributed by atoms with Crippen LogP contribution in [-0.4, -0.2) is 53.8 Å². The summed E-state index contributed by atoms with van der Waals surface area (Å²) < 4.78 is 18.1. The third kappa shape index (κ3) is 8.36. The quantitative estimate of drug-likeness (QED) is 0.435. The molecule has 0 aliphatic carbocycles. The zero-order valence-corrected chi connectivity index (χ0v) is 19.0. The van der Waals surface area contributed by atoms with Gasteiger partial charge in [-0.1, -0.05) is 13.8 Å². The summed E-state index contributed by atoms with van der Waals surface area (Å²) >= 11 is 0. The molecule has 3 unspecified atom stereocenters. The Kier molecular flexibility index (Phi) is 10.2. The van der Waals surface area contributed by atoms with Gasteiger partial charge in [-0.3, -0.25) is 0 Å². The molecule has 5 heteroatoms. The molecule has 0 aromatic heterocycles. The molecule has 0 N–H and O–H groups in total. The van der Waals surface area contributed by atoms with Gasteiger partial charge in [-0.15, -0.1) is 10.3 Å². The van der Waals surface area contributed by atoms with Crippen molar-refractivity contribution in [1.82, 2.24) is 5.06 Å². The highest BCUT2D eigenvalue weighted by Crippen LogP contribution is 2.39. The van der Waals surface area contributed by atoms with Crippen LogP contribution >= 0.6 is 0 Å². The molecule has 1 aliphatic rings. The molecule has 1 saturated heterocycles. The van der Waals surface area contributed by atoms with Crippen LogP contribution in [0.25, 0.3) is 0 Å². The van der Waals surface area contributed by atoms with E-state index in [-0.39, 0.29) is 29.4 Å². The molecule has 3 atom stereocenters. The molecule has 0 amide bonds. The molecule has 0 bridgehead atoms. The first-order valence-electron chi connectivity index (χ1n) is 10.9. The van der Waals surface area contributed by atoms with Crippen molar-refractivity contribution in [3.05, 3.63) is 0 Å². The highest BCUT2D eigenvalue weighted by molar-refractivity contribution is 4.96. The summed E-state index contributed by atoms with van der Waals surface area (Å²) in [6, 6.07) is 0. The highest BCUT2D eigenvalue weighted by Gasteiger charge is 2.47. The Morgan fingerprint density at radius 1 is 0.926 bits per heavy atom. The maximum atomic E-state index is 12.5. The van der Waals surface area contributed by atoms with Crippen LogP contribution in [0.3, 0.4) is 0 Å². The van der Waals surface area contributed by atoms with E-state index in [0.29, 0.717) is 6.10 Å². The van der Waals surface area contributed by atoms with Crippen LogP contribution in [0, 0.1) is 0 Å². The van der Waals surface area contributed by atoms with Crippen molar-refractivity contribution in [2.75, 3.05) is 13.2 Å². The van der Waals surface area contributed by atoms with Gasteiger partial charge in [0, 0.05) is 24.3 Å². The molecule has 0 aromatic carbocycles. The van der Waals surface area contributed by atoms with Crippen LogP contribution in [0.5, 0.6) is 0 Å². The average Bonchev–Trinajstić information content (AvgIpc) is 2.57. The Morgan fingerprint density at radius 3 is 1.93 bits per heavy atom. The summed E-state index contributed by atoms with van der Waals surface area (Å²) in [6.07, 6.45) is 6.17. The standard InChI is InChI=1S/C22H44NO4/c1-9-17(3)25-12-11-13-26-18(4)14-19(10-2)27-20-15-21(5,6)23(24)22(7,8)16-20/h17-20H,9-16H2,1-8H3. The predicted molar refractivity (Wildman–Crippen MR) is 109 cm³/mol. The second-order valence-corrected chi connectivity index (χ2v) is 9.48. The monoisotopic (exact) mass is 386 g/mol. The lowest BCUT2D eigenvalue weighted by Gasteiger charge is -2.50. The zero-order valence-electron chi connectivity index (χ0n) is 19.0. The maximum absolute atomic E-state index is 12.5. The third-order valence-corrected chi connectivity index (χ3v) is 5.66. The molecule has 0 saturated carbocycles. The van der Waals surface area contributed by atoms with Crippen molar-refractivity contribution in [2.45, 2.75) is 129 Å². The van der Waals surface area contributed by atoms with E-state index in [4.69, 9.17) is 14.2 Å². The second kappa shape index (κ2) is 11.1. The summed E-state index contributed by atoms with van der Waals surface area (Å²) in [7, 11) is 0. The van der Waals surface area contributed by atoms with E-state index in [9.17, 15) is 5.21 Å². The van der Waals surface area contributed by atoms with Gasteiger partial charge in [-0.25, -0.2) is 0 Å². The minimum atomic E-state index is -0.386. The smallest absolute Gasteiger partial charge is 0.0615 e. The van der Waals surface area contributed by atoms with Crippen molar-refractivity contribution >= 4 is 0 Å². The van der Waals surface area contributed by atoms with Gasteiger partial charge < -0.3 is 14.2 Å². The van der Waals surface area contributed by atoms with E-state index in [1.54, 1.807) is 0 Å². The van der Waals surface area contributed by atoms with Crippen LogP contribution in [0.2, 0.25) is 0 Å². The Hall–Kier alpha value is -0.200. The summed E-state index contributed by atoms with van der Waals surface area (Å²) in [5.41, 5.74) is -0.773. The van der Waals surface area contributed by atoms with Gasteiger partial charge >= 0.3 is 0 Å². The van der Waals surface area contributed by atoms with E-state index >= 15 is 0 Å². The first-order valence-corrected chi connectivity index (χ1v) is 10.9. The Bertz CT molecular complexity index is 395.